The zero-order valence-electron chi connectivity index (χ0n) is 9.58. The van der Waals surface area contributed by atoms with E-state index in [-0.39, 0.29) is 5.56 Å². The highest BCUT2D eigenvalue weighted by Gasteiger charge is 2.09. The number of rotatable bonds is 4. The molecule has 0 saturated carbocycles. The Morgan fingerprint density at radius 1 is 1.33 bits per heavy atom. The van der Waals surface area contributed by atoms with Crippen LogP contribution >= 0.6 is 0 Å². The molecule has 1 N–H and O–H groups in total. The van der Waals surface area contributed by atoms with Crippen LogP contribution in [0.4, 0.5) is 0 Å². The van der Waals surface area contributed by atoms with Crippen molar-refractivity contribution in [1.82, 2.24) is 0 Å². The number of carbonyl (C=O) groups is 1. The second-order valence-corrected chi connectivity index (χ2v) is 3.87. The first-order chi connectivity index (χ1) is 8.72. The SMILES string of the molecule is [N-]=[N+]=NCCc1cc(C(=O)O)c2ccccc2c1. The Morgan fingerprint density at radius 3 is 2.83 bits per heavy atom. The summed E-state index contributed by atoms with van der Waals surface area (Å²) < 4.78 is 0. The maximum Gasteiger partial charge on any atom is 0.336 e. The van der Waals surface area contributed by atoms with Gasteiger partial charge in [-0.15, -0.1) is 0 Å². The number of benzene rings is 2. The molecule has 5 heteroatoms. The van der Waals surface area contributed by atoms with Gasteiger partial charge in [-0.05, 0) is 34.4 Å². The van der Waals surface area contributed by atoms with E-state index in [9.17, 15) is 9.90 Å². The Balaban J connectivity index is 2.50. The predicted molar refractivity (Wildman–Crippen MR) is 68.6 cm³/mol. The van der Waals surface area contributed by atoms with Gasteiger partial charge in [0.25, 0.3) is 0 Å². The molecule has 0 aliphatic rings. The van der Waals surface area contributed by atoms with Crippen LogP contribution in [0.1, 0.15) is 15.9 Å². The lowest BCUT2D eigenvalue weighted by Gasteiger charge is -2.06. The summed E-state index contributed by atoms with van der Waals surface area (Å²) in [4.78, 5) is 13.9. The Hall–Kier alpha value is -2.52. The molecule has 2 rings (SSSR count). The Bertz CT molecular complexity index is 646. The van der Waals surface area contributed by atoms with E-state index in [0.717, 1.165) is 16.3 Å². The molecule has 0 atom stereocenters. The van der Waals surface area contributed by atoms with Gasteiger partial charge in [-0.25, -0.2) is 4.79 Å². The summed E-state index contributed by atoms with van der Waals surface area (Å²) in [6.07, 6.45) is 0.537. The van der Waals surface area contributed by atoms with Crippen LogP contribution in [0.25, 0.3) is 21.2 Å². The number of carboxylic acids is 1. The van der Waals surface area contributed by atoms with Crippen LogP contribution in [0.5, 0.6) is 0 Å². The molecule has 0 aromatic heterocycles. The third-order valence-corrected chi connectivity index (χ3v) is 2.72. The quantitative estimate of drug-likeness (QED) is 0.505. The monoisotopic (exact) mass is 241 g/mol. The van der Waals surface area contributed by atoms with Crippen molar-refractivity contribution >= 4 is 16.7 Å². The summed E-state index contributed by atoms with van der Waals surface area (Å²) in [6, 6.07) is 10.9. The third-order valence-electron chi connectivity index (χ3n) is 2.72. The van der Waals surface area contributed by atoms with Crippen LogP contribution in [0.15, 0.2) is 41.5 Å². The average Bonchev–Trinajstić information content (AvgIpc) is 2.38. The minimum atomic E-state index is -0.947. The highest BCUT2D eigenvalue weighted by Crippen LogP contribution is 2.21. The predicted octanol–water partition coefficient (Wildman–Crippen LogP) is 3.39. The maximum atomic E-state index is 11.2. The van der Waals surface area contributed by atoms with Crippen molar-refractivity contribution in [1.29, 1.82) is 0 Å². The summed E-state index contributed by atoms with van der Waals surface area (Å²) >= 11 is 0. The van der Waals surface area contributed by atoms with Gasteiger partial charge in [0.2, 0.25) is 0 Å². The number of aromatic carboxylic acids is 1. The summed E-state index contributed by atoms with van der Waals surface area (Å²) in [5, 5.41) is 14.3. The number of hydrogen-bond donors (Lipinski definition) is 1. The van der Waals surface area contributed by atoms with Crippen LogP contribution < -0.4 is 0 Å². The van der Waals surface area contributed by atoms with Gasteiger partial charge in [0.05, 0.1) is 5.56 Å². The van der Waals surface area contributed by atoms with Gasteiger partial charge >= 0.3 is 5.97 Å². The van der Waals surface area contributed by atoms with Gasteiger partial charge in [0, 0.05) is 11.5 Å². The van der Waals surface area contributed by atoms with Crippen molar-refractivity contribution < 1.29 is 9.90 Å². The molecule has 2 aromatic carbocycles. The van der Waals surface area contributed by atoms with E-state index in [1.54, 1.807) is 12.1 Å². The first-order valence-electron chi connectivity index (χ1n) is 5.48. The minimum absolute atomic E-state index is 0.282. The second kappa shape index (κ2) is 5.21. The van der Waals surface area contributed by atoms with Crippen molar-refractivity contribution in [2.45, 2.75) is 6.42 Å². The summed E-state index contributed by atoms with van der Waals surface area (Å²) in [5.74, 6) is -0.947. The highest BCUT2D eigenvalue weighted by atomic mass is 16.4. The fraction of sp³-hybridized carbons (Fsp3) is 0.154. The Kier molecular flexibility index (Phi) is 3.46. The molecular formula is C13H11N3O2. The standard InChI is InChI=1S/C13H11N3O2/c14-16-15-6-5-9-7-10-3-1-2-4-11(10)12(8-9)13(17)18/h1-4,7-8H,5-6H2,(H,17,18). The molecule has 0 spiro atoms. The van der Waals surface area contributed by atoms with Crippen LogP contribution in [0, 0.1) is 0 Å². The van der Waals surface area contributed by atoms with E-state index >= 15 is 0 Å². The van der Waals surface area contributed by atoms with Gasteiger partial charge in [-0.3, -0.25) is 0 Å². The van der Waals surface area contributed by atoms with Crippen LogP contribution in [0.2, 0.25) is 0 Å². The molecule has 0 unspecified atom stereocenters. The number of hydrogen-bond acceptors (Lipinski definition) is 2. The molecule has 0 amide bonds. The Morgan fingerprint density at radius 2 is 2.11 bits per heavy atom. The largest absolute Gasteiger partial charge is 0.478 e. The van der Waals surface area contributed by atoms with E-state index in [0.29, 0.717) is 13.0 Å². The van der Waals surface area contributed by atoms with Crippen LogP contribution in [-0.4, -0.2) is 17.6 Å². The molecule has 90 valence electrons. The molecule has 0 radical (unpaired) electrons. The topological polar surface area (TPSA) is 86.1 Å². The number of azide groups is 1. The zero-order chi connectivity index (χ0) is 13.0. The molecular weight excluding hydrogens is 230 g/mol. The van der Waals surface area contributed by atoms with Gasteiger partial charge in [-0.1, -0.05) is 35.4 Å². The van der Waals surface area contributed by atoms with Crippen LogP contribution in [-0.2, 0) is 6.42 Å². The number of fused-ring (bicyclic) bond motifs is 1. The second-order valence-electron chi connectivity index (χ2n) is 3.87. The molecule has 0 aliphatic carbocycles. The molecule has 0 bridgehead atoms. The fourth-order valence-corrected chi connectivity index (χ4v) is 1.92. The first-order valence-corrected chi connectivity index (χ1v) is 5.48. The summed E-state index contributed by atoms with van der Waals surface area (Å²) in [5.41, 5.74) is 9.36. The van der Waals surface area contributed by atoms with Gasteiger partial charge in [-0.2, -0.15) is 0 Å². The van der Waals surface area contributed by atoms with Crippen molar-refractivity contribution in [2.24, 2.45) is 5.11 Å². The van der Waals surface area contributed by atoms with E-state index in [2.05, 4.69) is 10.0 Å². The molecule has 2 aromatic rings. The van der Waals surface area contributed by atoms with E-state index in [4.69, 9.17) is 5.53 Å². The normalized spacial score (nSPS) is 10.0. The van der Waals surface area contributed by atoms with Crippen molar-refractivity contribution in [3.8, 4) is 0 Å². The molecule has 0 saturated heterocycles. The van der Waals surface area contributed by atoms with Gasteiger partial charge in [0.1, 0.15) is 0 Å². The molecule has 5 nitrogen and oxygen atoms in total. The number of carboxylic acid groups (broad SMARTS) is 1. The van der Waals surface area contributed by atoms with E-state index < -0.39 is 5.97 Å². The fourth-order valence-electron chi connectivity index (χ4n) is 1.92. The smallest absolute Gasteiger partial charge is 0.336 e. The maximum absolute atomic E-state index is 11.2. The van der Waals surface area contributed by atoms with Crippen molar-refractivity contribution in [3.05, 3.63) is 58.0 Å². The van der Waals surface area contributed by atoms with Crippen LogP contribution in [0.3, 0.4) is 0 Å². The summed E-state index contributed by atoms with van der Waals surface area (Å²) in [7, 11) is 0. The molecule has 0 fully saturated rings. The number of nitrogens with zero attached hydrogens (tertiary/aromatic N) is 3. The van der Waals surface area contributed by atoms with Crippen molar-refractivity contribution in [3.63, 3.8) is 0 Å². The molecule has 0 aliphatic heterocycles. The average molecular weight is 241 g/mol. The molecule has 0 heterocycles. The third kappa shape index (κ3) is 2.42. The lowest BCUT2D eigenvalue weighted by molar-refractivity contribution is 0.0699. The van der Waals surface area contributed by atoms with E-state index in [1.807, 2.05) is 24.3 Å². The first kappa shape index (κ1) is 12.0. The highest BCUT2D eigenvalue weighted by molar-refractivity contribution is 6.04. The van der Waals surface area contributed by atoms with Gasteiger partial charge in [0.15, 0.2) is 0 Å². The Labute approximate surface area is 103 Å². The minimum Gasteiger partial charge on any atom is -0.478 e. The van der Waals surface area contributed by atoms with Gasteiger partial charge < -0.3 is 5.11 Å². The van der Waals surface area contributed by atoms with Crippen molar-refractivity contribution in [2.75, 3.05) is 6.54 Å². The summed E-state index contributed by atoms with van der Waals surface area (Å²) in [6.45, 7) is 0.327. The molecule has 18 heavy (non-hydrogen) atoms. The lowest BCUT2D eigenvalue weighted by Crippen LogP contribution is -2.00. The van der Waals surface area contributed by atoms with E-state index in [1.165, 1.54) is 0 Å². The zero-order valence-corrected chi connectivity index (χ0v) is 9.58. The lowest BCUT2D eigenvalue weighted by atomic mass is 9.99.